The van der Waals surface area contributed by atoms with E-state index in [2.05, 4.69) is 218 Å². The number of rotatable bonds is 3. The molecule has 0 unspecified atom stereocenters. The Labute approximate surface area is 332 Å². The Morgan fingerprint density at radius 3 is 1.49 bits per heavy atom. The molecule has 2 aliphatic rings. The number of anilines is 3. The molecule has 0 aliphatic carbocycles. The molecule has 0 atom stereocenters. The maximum absolute atomic E-state index is 2.54. The average Bonchev–Trinajstić information content (AvgIpc) is 3.77. The van der Waals surface area contributed by atoms with Gasteiger partial charge in [0.2, 0.25) is 0 Å². The monoisotopic (exact) mass is 731 g/mol. The van der Waals surface area contributed by atoms with Crippen LogP contribution in [0.25, 0.3) is 66.1 Å². The predicted octanol–water partition coefficient (Wildman–Crippen LogP) is 14.3. The van der Waals surface area contributed by atoms with Gasteiger partial charge in [-0.2, -0.15) is 0 Å². The minimum Gasteiger partial charge on any atom is -0.309 e. The Bertz CT molecular complexity index is 3280. The van der Waals surface area contributed by atoms with Crippen LogP contribution < -0.4 is 4.90 Å². The molecule has 4 heterocycles. The van der Waals surface area contributed by atoms with Crippen molar-refractivity contribution in [1.29, 1.82) is 0 Å². The lowest BCUT2D eigenvalue weighted by atomic mass is 9.66. The topological polar surface area (TPSA) is 13.1 Å². The predicted molar refractivity (Wildman–Crippen MR) is 239 cm³/mol. The largest absolute Gasteiger partial charge is 0.309 e. The van der Waals surface area contributed by atoms with Crippen molar-refractivity contribution in [2.24, 2.45) is 0 Å². The first-order chi connectivity index (χ1) is 27.8. The van der Waals surface area contributed by atoms with Crippen LogP contribution >= 0.6 is 0 Å². The van der Waals surface area contributed by atoms with Gasteiger partial charge in [0, 0.05) is 43.7 Å². The minimum atomic E-state index is -0.180. The molecule has 3 heteroatoms. The molecule has 3 nitrogen and oxygen atoms in total. The van der Waals surface area contributed by atoms with Gasteiger partial charge >= 0.3 is 0 Å². The Morgan fingerprint density at radius 2 is 0.842 bits per heavy atom. The standard InChI is InChI=1S/C54H41N3/c1-53(2)42-19-10-13-24-48(42)57-49-32-27-35(33-45(49)54(3,4)44-21-14-20-43(53)52(44)57)34-25-28-37(29-26-34)56-47-23-12-9-18-39(47)41-31-30-40-38-17-8-11-22-46(38)55(50(40)51(41)56)36-15-6-5-7-16-36/h5-33H,1-4H3. The Morgan fingerprint density at radius 1 is 0.351 bits per heavy atom. The maximum Gasteiger partial charge on any atom is 0.0788 e. The summed E-state index contributed by atoms with van der Waals surface area (Å²) >= 11 is 0. The summed E-state index contributed by atoms with van der Waals surface area (Å²) in [5, 5.41) is 5.03. The van der Waals surface area contributed by atoms with Crippen LogP contribution in [0.4, 0.5) is 17.1 Å². The van der Waals surface area contributed by atoms with Gasteiger partial charge in [0.25, 0.3) is 0 Å². The fourth-order valence-corrected chi connectivity index (χ4v) is 10.5. The third-order valence-corrected chi connectivity index (χ3v) is 13.3. The highest BCUT2D eigenvalue weighted by molar-refractivity contribution is 6.23. The molecule has 272 valence electrons. The van der Waals surface area contributed by atoms with E-state index in [-0.39, 0.29) is 10.8 Å². The van der Waals surface area contributed by atoms with Gasteiger partial charge in [-0.05, 0) is 88.0 Å². The first kappa shape index (κ1) is 32.4. The number of hydrogen-bond donors (Lipinski definition) is 0. The van der Waals surface area contributed by atoms with Crippen LogP contribution in [0.3, 0.4) is 0 Å². The van der Waals surface area contributed by atoms with Gasteiger partial charge in [-0.25, -0.2) is 0 Å². The van der Waals surface area contributed by atoms with E-state index in [0.29, 0.717) is 0 Å². The highest BCUT2D eigenvalue weighted by atomic mass is 15.2. The Kier molecular flexibility index (Phi) is 6.46. The molecule has 0 fully saturated rings. The zero-order chi connectivity index (χ0) is 38.2. The number of para-hydroxylation sites is 5. The lowest BCUT2D eigenvalue weighted by Gasteiger charge is -2.49. The van der Waals surface area contributed by atoms with E-state index in [1.165, 1.54) is 94.1 Å². The molecule has 0 radical (unpaired) electrons. The van der Waals surface area contributed by atoms with Gasteiger partial charge < -0.3 is 14.0 Å². The highest BCUT2D eigenvalue weighted by Gasteiger charge is 2.45. The summed E-state index contributed by atoms with van der Waals surface area (Å²) in [6.45, 7) is 9.55. The van der Waals surface area contributed by atoms with Crippen molar-refractivity contribution in [3.05, 3.63) is 198 Å². The SMILES string of the molecule is CC1(C)c2ccccc2N2c3ccc(-c4ccc(-n5c6ccccc6c6ccc7c8ccccc8n(-c8ccccc8)c7c65)cc4)cc3C(C)(C)c3cccc1c32. The summed E-state index contributed by atoms with van der Waals surface area (Å²) in [6, 6.07) is 65.4. The van der Waals surface area contributed by atoms with E-state index in [1.807, 2.05) is 0 Å². The first-order valence-electron chi connectivity index (χ1n) is 20.1. The molecule has 0 amide bonds. The van der Waals surface area contributed by atoms with Crippen LogP contribution in [0, 0.1) is 0 Å². The van der Waals surface area contributed by atoms with Gasteiger partial charge in [0.15, 0.2) is 0 Å². The molecule has 0 spiro atoms. The second kappa shape index (κ2) is 11.4. The van der Waals surface area contributed by atoms with Crippen molar-refractivity contribution < 1.29 is 0 Å². The molecule has 0 N–H and O–H groups in total. The normalized spacial score (nSPS) is 14.9. The van der Waals surface area contributed by atoms with Crippen LogP contribution in [-0.4, -0.2) is 9.13 Å². The van der Waals surface area contributed by atoms with Gasteiger partial charge in [0.1, 0.15) is 0 Å². The Balaban J connectivity index is 1.04. The van der Waals surface area contributed by atoms with Crippen molar-refractivity contribution in [1.82, 2.24) is 9.13 Å². The number of fused-ring (bicyclic) bond motifs is 11. The van der Waals surface area contributed by atoms with Crippen molar-refractivity contribution >= 4 is 60.7 Å². The van der Waals surface area contributed by atoms with Gasteiger partial charge in [0.05, 0.1) is 39.1 Å². The molecular weight excluding hydrogens is 691 g/mol. The second-order valence-electron chi connectivity index (χ2n) is 17.0. The molecule has 8 aromatic carbocycles. The van der Waals surface area contributed by atoms with E-state index in [9.17, 15) is 0 Å². The molecule has 0 saturated carbocycles. The van der Waals surface area contributed by atoms with Gasteiger partial charge in [-0.15, -0.1) is 0 Å². The molecule has 0 bridgehead atoms. The van der Waals surface area contributed by atoms with Gasteiger partial charge in [-0.1, -0.05) is 149 Å². The zero-order valence-electron chi connectivity index (χ0n) is 32.6. The number of nitrogens with zero attached hydrogens (tertiary/aromatic N) is 3. The molecule has 57 heavy (non-hydrogen) atoms. The van der Waals surface area contributed by atoms with Crippen LogP contribution in [0.2, 0.25) is 0 Å². The van der Waals surface area contributed by atoms with E-state index >= 15 is 0 Å². The van der Waals surface area contributed by atoms with Crippen LogP contribution in [-0.2, 0) is 10.8 Å². The fourth-order valence-electron chi connectivity index (χ4n) is 10.5. The van der Waals surface area contributed by atoms with Crippen LogP contribution in [0.15, 0.2) is 176 Å². The lowest BCUT2D eigenvalue weighted by molar-refractivity contribution is 0.597. The quantitative estimate of drug-likeness (QED) is 0.176. The van der Waals surface area contributed by atoms with E-state index in [0.717, 1.165) is 11.4 Å². The Hall–Kier alpha value is -6.84. The zero-order valence-corrected chi connectivity index (χ0v) is 32.6. The molecule has 2 aromatic heterocycles. The van der Waals surface area contributed by atoms with E-state index in [1.54, 1.807) is 0 Å². The fraction of sp³-hybridized carbons (Fsp3) is 0.111. The summed E-state index contributed by atoms with van der Waals surface area (Å²) in [5.41, 5.74) is 18.7. The molecule has 12 rings (SSSR count). The van der Waals surface area contributed by atoms with E-state index < -0.39 is 0 Å². The van der Waals surface area contributed by atoms with Gasteiger partial charge in [-0.3, -0.25) is 0 Å². The summed E-state index contributed by atoms with van der Waals surface area (Å²) in [4.78, 5) is 2.54. The smallest absolute Gasteiger partial charge is 0.0788 e. The maximum atomic E-state index is 2.54. The van der Waals surface area contributed by atoms with Crippen molar-refractivity contribution in [2.75, 3.05) is 4.90 Å². The summed E-state index contributed by atoms with van der Waals surface area (Å²) in [7, 11) is 0. The summed E-state index contributed by atoms with van der Waals surface area (Å²) in [6.07, 6.45) is 0. The lowest BCUT2D eigenvalue weighted by Crippen LogP contribution is -2.38. The van der Waals surface area contributed by atoms with Crippen molar-refractivity contribution in [2.45, 2.75) is 38.5 Å². The number of aromatic nitrogens is 2. The van der Waals surface area contributed by atoms with Crippen LogP contribution in [0.1, 0.15) is 49.9 Å². The minimum absolute atomic E-state index is 0.0893. The molecular formula is C54H41N3. The summed E-state index contributed by atoms with van der Waals surface area (Å²) < 4.78 is 4.93. The second-order valence-corrected chi connectivity index (χ2v) is 17.0. The average molecular weight is 732 g/mol. The van der Waals surface area contributed by atoms with Crippen LogP contribution in [0.5, 0.6) is 0 Å². The number of benzene rings is 8. The number of hydrogen-bond acceptors (Lipinski definition) is 1. The molecule has 10 aromatic rings. The third kappa shape index (κ3) is 4.26. The summed E-state index contributed by atoms with van der Waals surface area (Å²) in [5.74, 6) is 0. The molecule has 2 aliphatic heterocycles. The van der Waals surface area contributed by atoms with E-state index in [4.69, 9.17) is 0 Å². The highest BCUT2D eigenvalue weighted by Crippen LogP contribution is 2.60. The first-order valence-corrected chi connectivity index (χ1v) is 20.1. The molecule has 0 saturated heterocycles. The van der Waals surface area contributed by atoms with Crippen molar-refractivity contribution in [3.8, 4) is 22.5 Å². The third-order valence-electron chi connectivity index (χ3n) is 13.3. The van der Waals surface area contributed by atoms with Crippen molar-refractivity contribution in [3.63, 3.8) is 0 Å².